The van der Waals surface area contributed by atoms with Gasteiger partial charge in [0.2, 0.25) is 0 Å². The number of nitrogens with two attached hydrogens (primary N) is 1. The molecule has 1 unspecified atom stereocenters. The van der Waals surface area contributed by atoms with E-state index in [9.17, 15) is 8.42 Å². The van der Waals surface area contributed by atoms with Crippen molar-refractivity contribution in [3.8, 4) is 0 Å². The predicted molar refractivity (Wildman–Crippen MR) is 76.6 cm³/mol. The number of anilines is 1. The van der Waals surface area contributed by atoms with Gasteiger partial charge in [-0.05, 0) is 47.5 Å². The molecule has 0 bridgehead atoms. The van der Waals surface area contributed by atoms with E-state index in [1.54, 1.807) is 17.5 Å². The van der Waals surface area contributed by atoms with Crippen LogP contribution in [0.25, 0.3) is 0 Å². The molecular weight excluding hydrogens is 280 g/mol. The normalized spacial score (nSPS) is 18.4. The third kappa shape index (κ3) is 2.39. The minimum atomic E-state index is -3.42. The van der Waals surface area contributed by atoms with E-state index in [-0.39, 0.29) is 6.04 Å². The minimum absolute atomic E-state index is 0.150. The molecule has 19 heavy (non-hydrogen) atoms. The first kappa shape index (κ1) is 12.7. The second-order valence-electron chi connectivity index (χ2n) is 4.60. The van der Waals surface area contributed by atoms with Crippen LogP contribution in [0.5, 0.6) is 0 Å². The van der Waals surface area contributed by atoms with E-state index in [4.69, 9.17) is 5.73 Å². The van der Waals surface area contributed by atoms with Crippen LogP contribution in [0.3, 0.4) is 0 Å². The number of rotatable bonds is 3. The lowest BCUT2D eigenvalue weighted by Crippen LogP contribution is -2.26. The summed E-state index contributed by atoms with van der Waals surface area (Å²) in [6.45, 7) is 0. The molecule has 3 rings (SSSR count). The molecule has 1 aliphatic carbocycles. The first-order valence-electron chi connectivity index (χ1n) is 6.00. The molecule has 0 saturated carbocycles. The van der Waals surface area contributed by atoms with E-state index < -0.39 is 10.0 Å². The molecule has 0 fully saturated rings. The van der Waals surface area contributed by atoms with Crippen molar-refractivity contribution in [2.75, 3.05) is 5.73 Å². The molecule has 0 spiro atoms. The van der Waals surface area contributed by atoms with Gasteiger partial charge in [-0.25, -0.2) is 13.1 Å². The summed E-state index contributed by atoms with van der Waals surface area (Å²) in [5.41, 5.74) is 8.64. The molecule has 4 nitrogen and oxygen atoms in total. The molecule has 2 aromatic rings. The summed E-state index contributed by atoms with van der Waals surface area (Å²) in [5, 5.41) is 1.76. The number of benzene rings is 1. The molecule has 0 saturated heterocycles. The summed E-state index contributed by atoms with van der Waals surface area (Å²) in [4.78, 5) is 0. The maximum absolute atomic E-state index is 12.2. The Labute approximate surface area is 116 Å². The van der Waals surface area contributed by atoms with Crippen LogP contribution < -0.4 is 10.5 Å². The van der Waals surface area contributed by atoms with Crippen LogP contribution in [0.15, 0.2) is 39.9 Å². The third-order valence-corrected chi connectivity index (χ3v) is 6.17. The maximum atomic E-state index is 12.2. The molecule has 6 heteroatoms. The van der Waals surface area contributed by atoms with Gasteiger partial charge in [-0.15, -0.1) is 11.3 Å². The molecular formula is C13H14N2O2S2. The molecule has 3 N–H and O–H groups in total. The Hall–Kier alpha value is -1.37. The van der Waals surface area contributed by atoms with Crippen molar-refractivity contribution in [2.24, 2.45) is 0 Å². The van der Waals surface area contributed by atoms with Crippen molar-refractivity contribution in [1.82, 2.24) is 4.72 Å². The largest absolute Gasteiger partial charge is 0.399 e. The highest BCUT2D eigenvalue weighted by atomic mass is 32.2. The van der Waals surface area contributed by atoms with Crippen LogP contribution in [-0.2, 0) is 16.4 Å². The lowest BCUT2D eigenvalue weighted by atomic mass is 10.1. The van der Waals surface area contributed by atoms with Crippen LogP contribution in [0.1, 0.15) is 23.6 Å². The molecule has 1 aromatic carbocycles. The van der Waals surface area contributed by atoms with Gasteiger partial charge in [0.25, 0.3) is 10.0 Å². The van der Waals surface area contributed by atoms with Crippen LogP contribution in [0.4, 0.5) is 5.69 Å². The molecule has 0 radical (unpaired) electrons. The Morgan fingerprint density at radius 3 is 2.89 bits per heavy atom. The first-order valence-corrected chi connectivity index (χ1v) is 8.37. The second-order valence-corrected chi connectivity index (χ2v) is 7.49. The Morgan fingerprint density at radius 2 is 2.16 bits per heavy atom. The number of aryl methyl sites for hydroxylation is 1. The van der Waals surface area contributed by atoms with Crippen molar-refractivity contribution in [2.45, 2.75) is 23.1 Å². The average Bonchev–Trinajstić information content (AvgIpc) is 2.98. The average molecular weight is 294 g/mol. The van der Waals surface area contributed by atoms with Crippen LogP contribution in [-0.4, -0.2) is 8.42 Å². The zero-order valence-electron chi connectivity index (χ0n) is 10.2. The number of fused-ring (bicyclic) bond motifs is 1. The Kier molecular flexibility index (Phi) is 3.08. The molecule has 1 aliphatic rings. The highest BCUT2D eigenvalue weighted by molar-refractivity contribution is 7.91. The summed E-state index contributed by atoms with van der Waals surface area (Å²) in [7, 11) is -3.42. The molecule has 1 atom stereocenters. The molecule has 0 aliphatic heterocycles. The smallest absolute Gasteiger partial charge is 0.250 e. The summed E-state index contributed by atoms with van der Waals surface area (Å²) >= 11 is 1.23. The van der Waals surface area contributed by atoms with Crippen LogP contribution >= 0.6 is 11.3 Å². The molecule has 1 aromatic heterocycles. The highest BCUT2D eigenvalue weighted by Crippen LogP contribution is 2.33. The highest BCUT2D eigenvalue weighted by Gasteiger charge is 2.27. The fraction of sp³-hybridized carbons (Fsp3) is 0.231. The van der Waals surface area contributed by atoms with Gasteiger partial charge in [0.15, 0.2) is 0 Å². The Balaban J connectivity index is 1.88. The first-order chi connectivity index (χ1) is 9.06. The van der Waals surface area contributed by atoms with Crippen LogP contribution in [0.2, 0.25) is 0 Å². The zero-order valence-corrected chi connectivity index (χ0v) is 11.8. The van der Waals surface area contributed by atoms with Crippen molar-refractivity contribution >= 4 is 27.0 Å². The lowest BCUT2D eigenvalue weighted by Gasteiger charge is -2.13. The van der Waals surface area contributed by atoms with Gasteiger partial charge in [0.1, 0.15) is 4.21 Å². The second kappa shape index (κ2) is 4.63. The number of hydrogen-bond acceptors (Lipinski definition) is 4. The van der Waals surface area contributed by atoms with E-state index in [0.717, 1.165) is 29.7 Å². The van der Waals surface area contributed by atoms with Gasteiger partial charge >= 0.3 is 0 Å². The van der Waals surface area contributed by atoms with Gasteiger partial charge in [-0.1, -0.05) is 12.1 Å². The summed E-state index contributed by atoms with van der Waals surface area (Å²) in [5.74, 6) is 0. The number of sulfonamides is 1. The Morgan fingerprint density at radius 1 is 1.32 bits per heavy atom. The van der Waals surface area contributed by atoms with E-state index in [1.807, 2.05) is 18.2 Å². The lowest BCUT2D eigenvalue weighted by molar-refractivity contribution is 0.556. The van der Waals surface area contributed by atoms with E-state index >= 15 is 0 Å². The summed E-state index contributed by atoms with van der Waals surface area (Å²) in [6, 6.07) is 8.86. The van der Waals surface area contributed by atoms with Gasteiger partial charge in [-0.2, -0.15) is 0 Å². The quantitative estimate of drug-likeness (QED) is 0.853. The van der Waals surface area contributed by atoms with Crippen molar-refractivity contribution in [3.05, 3.63) is 46.8 Å². The Bertz CT molecular complexity index is 693. The maximum Gasteiger partial charge on any atom is 0.250 e. The number of hydrogen-bond donors (Lipinski definition) is 2. The summed E-state index contributed by atoms with van der Waals surface area (Å²) < 4.78 is 27.5. The van der Waals surface area contributed by atoms with E-state index in [0.29, 0.717) is 4.21 Å². The fourth-order valence-electron chi connectivity index (χ4n) is 2.42. The van der Waals surface area contributed by atoms with Crippen molar-refractivity contribution < 1.29 is 8.42 Å². The van der Waals surface area contributed by atoms with E-state index in [2.05, 4.69) is 4.72 Å². The minimum Gasteiger partial charge on any atom is -0.399 e. The number of nitrogen functional groups attached to an aromatic ring is 1. The number of nitrogens with one attached hydrogen (secondary N) is 1. The van der Waals surface area contributed by atoms with Gasteiger partial charge < -0.3 is 5.73 Å². The zero-order chi connectivity index (χ0) is 13.5. The van der Waals surface area contributed by atoms with Crippen molar-refractivity contribution in [3.63, 3.8) is 0 Å². The molecule has 100 valence electrons. The number of thiophene rings is 1. The topological polar surface area (TPSA) is 72.2 Å². The fourth-order valence-corrected chi connectivity index (χ4v) is 4.68. The van der Waals surface area contributed by atoms with Crippen LogP contribution in [0, 0.1) is 0 Å². The standard InChI is InChI=1S/C13H14N2O2S2/c14-10-4-5-11-9(8-10)3-6-12(11)15-19(16,17)13-2-1-7-18-13/h1-2,4-5,7-8,12,15H,3,6,14H2. The molecule has 1 heterocycles. The third-order valence-electron chi connectivity index (χ3n) is 3.30. The van der Waals surface area contributed by atoms with E-state index in [1.165, 1.54) is 11.3 Å². The monoisotopic (exact) mass is 294 g/mol. The van der Waals surface area contributed by atoms with Gasteiger partial charge in [0.05, 0.1) is 0 Å². The van der Waals surface area contributed by atoms with Crippen molar-refractivity contribution in [1.29, 1.82) is 0 Å². The van der Waals surface area contributed by atoms with Gasteiger partial charge in [0, 0.05) is 11.7 Å². The predicted octanol–water partition coefficient (Wildman–Crippen LogP) is 2.30. The summed E-state index contributed by atoms with van der Waals surface area (Å²) in [6.07, 6.45) is 1.64. The van der Waals surface area contributed by atoms with Gasteiger partial charge in [-0.3, -0.25) is 0 Å². The molecule has 0 amide bonds. The SMILES string of the molecule is Nc1ccc2c(c1)CCC2NS(=O)(=O)c1cccs1.